The van der Waals surface area contributed by atoms with Crippen LogP contribution in [-0.4, -0.2) is 6.54 Å². The van der Waals surface area contributed by atoms with Crippen LogP contribution in [-0.2, 0) is 0 Å². The Morgan fingerprint density at radius 1 is 1.71 bits per heavy atom. The molecule has 7 heavy (non-hydrogen) atoms. The second kappa shape index (κ2) is 2.12. The van der Waals surface area contributed by atoms with Crippen LogP contribution in [0, 0.1) is 5.92 Å². The summed E-state index contributed by atoms with van der Waals surface area (Å²) < 4.78 is 0. The molecular weight excluding hydrogens is 86.1 g/mol. The standard InChI is InChI=1S/C6H11N/c7-5-6-3-1-2-4-6/h1,3,6H,2,4-5,7H2. The molecule has 0 saturated heterocycles. The molecule has 0 heterocycles. The van der Waals surface area contributed by atoms with Crippen LogP contribution in [0.3, 0.4) is 0 Å². The molecule has 0 saturated carbocycles. The monoisotopic (exact) mass is 97.1 g/mol. The molecule has 40 valence electrons. The number of hydrogen-bond acceptors (Lipinski definition) is 1. The Balaban J connectivity index is 2.28. The van der Waals surface area contributed by atoms with Crippen LogP contribution in [0.1, 0.15) is 12.8 Å². The van der Waals surface area contributed by atoms with E-state index in [0.29, 0.717) is 5.92 Å². The lowest BCUT2D eigenvalue weighted by Crippen LogP contribution is -2.08. The normalized spacial score (nSPS) is 29.0. The van der Waals surface area contributed by atoms with Gasteiger partial charge in [0.2, 0.25) is 0 Å². The van der Waals surface area contributed by atoms with Crippen LogP contribution in [0.5, 0.6) is 0 Å². The topological polar surface area (TPSA) is 26.0 Å². The van der Waals surface area contributed by atoms with Crippen molar-refractivity contribution in [3.63, 3.8) is 0 Å². The van der Waals surface area contributed by atoms with Gasteiger partial charge in [0.05, 0.1) is 0 Å². The largest absolute Gasteiger partial charge is 0.330 e. The second-order valence-corrected chi connectivity index (χ2v) is 2.00. The highest BCUT2D eigenvalue weighted by molar-refractivity contribution is 4.96. The minimum Gasteiger partial charge on any atom is -0.330 e. The smallest absolute Gasteiger partial charge is 0.00141 e. The van der Waals surface area contributed by atoms with E-state index >= 15 is 0 Å². The van der Waals surface area contributed by atoms with Crippen molar-refractivity contribution in [2.24, 2.45) is 11.7 Å². The van der Waals surface area contributed by atoms with Gasteiger partial charge in [-0.1, -0.05) is 12.2 Å². The van der Waals surface area contributed by atoms with Gasteiger partial charge >= 0.3 is 0 Å². The summed E-state index contributed by atoms with van der Waals surface area (Å²) in [5, 5.41) is 0. The minimum absolute atomic E-state index is 0.694. The lowest BCUT2D eigenvalue weighted by Gasteiger charge is -1.97. The molecule has 1 aliphatic rings. The summed E-state index contributed by atoms with van der Waals surface area (Å²) in [4.78, 5) is 0. The summed E-state index contributed by atoms with van der Waals surface area (Å²) >= 11 is 0. The lowest BCUT2D eigenvalue weighted by atomic mass is 10.1. The maximum atomic E-state index is 5.38. The summed E-state index contributed by atoms with van der Waals surface area (Å²) in [5.74, 6) is 0.694. The first kappa shape index (κ1) is 4.85. The van der Waals surface area contributed by atoms with E-state index in [1.807, 2.05) is 0 Å². The SMILES string of the molecule is NCC1C=CCC1. The van der Waals surface area contributed by atoms with E-state index in [9.17, 15) is 0 Å². The van der Waals surface area contributed by atoms with Crippen LogP contribution >= 0.6 is 0 Å². The highest BCUT2D eigenvalue weighted by Crippen LogP contribution is 2.14. The van der Waals surface area contributed by atoms with Gasteiger partial charge in [0.15, 0.2) is 0 Å². The summed E-state index contributed by atoms with van der Waals surface area (Å²) in [6.07, 6.45) is 6.93. The van der Waals surface area contributed by atoms with Gasteiger partial charge < -0.3 is 5.73 Å². The molecule has 1 heteroatoms. The van der Waals surface area contributed by atoms with E-state index in [-0.39, 0.29) is 0 Å². The third kappa shape index (κ3) is 1.03. The van der Waals surface area contributed by atoms with Crippen molar-refractivity contribution < 1.29 is 0 Å². The number of rotatable bonds is 1. The molecule has 0 aromatic rings. The first-order chi connectivity index (χ1) is 3.43. The van der Waals surface area contributed by atoms with Gasteiger partial charge in [0.1, 0.15) is 0 Å². The Kier molecular flexibility index (Phi) is 1.47. The van der Waals surface area contributed by atoms with E-state index in [0.717, 1.165) is 6.54 Å². The average molecular weight is 97.2 g/mol. The van der Waals surface area contributed by atoms with E-state index in [1.165, 1.54) is 12.8 Å². The maximum absolute atomic E-state index is 5.38. The van der Waals surface area contributed by atoms with Crippen LogP contribution < -0.4 is 5.73 Å². The van der Waals surface area contributed by atoms with Gasteiger partial charge in [-0.2, -0.15) is 0 Å². The molecule has 1 aliphatic carbocycles. The van der Waals surface area contributed by atoms with Gasteiger partial charge in [-0.15, -0.1) is 0 Å². The van der Waals surface area contributed by atoms with Crippen molar-refractivity contribution >= 4 is 0 Å². The maximum Gasteiger partial charge on any atom is -0.00141 e. The van der Waals surface area contributed by atoms with Gasteiger partial charge in [-0.25, -0.2) is 0 Å². The van der Waals surface area contributed by atoms with Crippen LogP contribution in [0.25, 0.3) is 0 Å². The number of nitrogens with two attached hydrogens (primary N) is 1. The van der Waals surface area contributed by atoms with Crippen molar-refractivity contribution in [3.05, 3.63) is 12.2 Å². The fourth-order valence-electron chi connectivity index (χ4n) is 0.892. The van der Waals surface area contributed by atoms with Crippen molar-refractivity contribution in [3.8, 4) is 0 Å². The Morgan fingerprint density at radius 3 is 2.86 bits per heavy atom. The Labute approximate surface area is 44.2 Å². The molecular formula is C6H11N. The van der Waals surface area contributed by atoms with E-state index in [2.05, 4.69) is 12.2 Å². The lowest BCUT2D eigenvalue weighted by molar-refractivity contribution is 0.645. The summed E-state index contributed by atoms with van der Waals surface area (Å²) in [6, 6.07) is 0. The predicted molar refractivity (Wildman–Crippen MR) is 30.9 cm³/mol. The molecule has 0 bridgehead atoms. The molecule has 2 N–H and O–H groups in total. The van der Waals surface area contributed by atoms with Crippen LogP contribution in [0.2, 0.25) is 0 Å². The quantitative estimate of drug-likeness (QED) is 0.483. The zero-order valence-electron chi connectivity index (χ0n) is 4.43. The van der Waals surface area contributed by atoms with Crippen LogP contribution in [0.4, 0.5) is 0 Å². The number of hydrogen-bond donors (Lipinski definition) is 1. The molecule has 1 unspecified atom stereocenters. The van der Waals surface area contributed by atoms with Crippen molar-refractivity contribution in [1.29, 1.82) is 0 Å². The highest BCUT2D eigenvalue weighted by Gasteiger charge is 2.04. The van der Waals surface area contributed by atoms with Crippen LogP contribution in [0.15, 0.2) is 12.2 Å². The van der Waals surface area contributed by atoms with Gasteiger partial charge in [-0.3, -0.25) is 0 Å². The fraction of sp³-hybridized carbons (Fsp3) is 0.667. The summed E-state index contributed by atoms with van der Waals surface area (Å²) in [7, 11) is 0. The third-order valence-corrected chi connectivity index (χ3v) is 1.42. The molecule has 0 radical (unpaired) electrons. The minimum atomic E-state index is 0.694. The average Bonchev–Trinajstić information content (AvgIpc) is 2.14. The van der Waals surface area contributed by atoms with E-state index in [4.69, 9.17) is 5.73 Å². The van der Waals surface area contributed by atoms with Crippen molar-refractivity contribution in [2.45, 2.75) is 12.8 Å². The predicted octanol–water partition coefficient (Wildman–Crippen LogP) is 0.911. The Hall–Kier alpha value is -0.300. The zero-order chi connectivity index (χ0) is 5.11. The van der Waals surface area contributed by atoms with E-state index in [1.54, 1.807) is 0 Å². The second-order valence-electron chi connectivity index (χ2n) is 2.00. The Morgan fingerprint density at radius 2 is 2.57 bits per heavy atom. The van der Waals surface area contributed by atoms with Gasteiger partial charge in [-0.05, 0) is 25.3 Å². The first-order valence-electron chi connectivity index (χ1n) is 2.80. The van der Waals surface area contributed by atoms with E-state index < -0.39 is 0 Å². The molecule has 1 atom stereocenters. The molecule has 1 nitrogen and oxygen atoms in total. The van der Waals surface area contributed by atoms with Gasteiger partial charge in [0.25, 0.3) is 0 Å². The molecule has 0 aromatic carbocycles. The molecule has 0 fully saturated rings. The molecule has 0 aromatic heterocycles. The Bertz CT molecular complexity index is 76.2. The molecule has 0 spiro atoms. The van der Waals surface area contributed by atoms with Crippen molar-refractivity contribution in [1.82, 2.24) is 0 Å². The molecule has 1 rings (SSSR count). The van der Waals surface area contributed by atoms with Gasteiger partial charge in [0, 0.05) is 0 Å². The summed E-state index contributed by atoms with van der Waals surface area (Å²) in [5.41, 5.74) is 5.38. The molecule has 0 aliphatic heterocycles. The third-order valence-electron chi connectivity index (χ3n) is 1.42. The summed E-state index contributed by atoms with van der Waals surface area (Å²) in [6.45, 7) is 0.830. The molecule has 0 amide bonds. The zero-order valence-corrected chi connectivity index (χ0v) is 4.43. The fourth-order valence-corrected chi connectivity index (χ4v) is 0.892. The van der Waals surface area contributed by atoms with Crippen molar-refractivity contribution in [2.75, 3.05) is 6.54 Å². The highest BCUT2D eigenvalue weighted by atomic mass is 14.5. The first-order valence-corrected chi connectivity index (χ1v) is 2.80. The number of allylic oxidation sites excluding steroid dienone is 1.